The fourth-order valence-electron chi connectivity index (χ4n) is 3.10. The lowest BCUT2D eigenvalue weighted by atomic mass is 10.0. The second-order valence-corrected chi connectivity index (χ2v) is 7.40. The summed E-state index contributed by atoms with van der Waals surface area (Å²) in [5, 5.41) is 0. The van der Waals surface area contributed by atoms with Gasteiger partial charge >= 0.3 is 11.4 Å². The van der Waals surface area contributed by atoms with E-state index in [1.54, 1.807) is 36.4 Å². The highest BCUT2D eigenvalue weighted by atomic mass is 32.2. The Hall–Kier alpha value is -2.76. The van der Waals surface area contributed by atoms with Crippen LogP contribution in [-0.4, -0.2) is 9.99 Å². The molecule has 3 rings (SSSR count). The molecule has 0 amide bonds. The van der Waals surface area contributed by atoms with Gasteiger partial charge in [0, 0.05) is 5.56 Å². The molecule has 0 radical (unpaired) electrons. The highest BCUT2D eigenvalue weighted by Crippen LogP contribution is 2.28. The number of rotatable bonds is 7. The predicted molar refractivity (Wildman–Crippen MR) is 110 cm³/mol. The first-order valence-corrected chi connectivity index (χ1v) is 9.95. The van der Waals surface area contributed by atoms with Gasteiger partial charge in [0.25, 0.3) is 0 Å². The predicted octanol–water partition coefficient (Wildman–Crippen LogP) is 5.21. The van der Waals surface area contributed by atoms with Crippen molar-refractivity contribution >= 4 is 17.1 Å². The van der Waals surface area contributed by atoms with E-state index in [0.29, 0.717) is 16.9 Å². The van der Waals surface area contributed by atoms with Crippen LogP contribution in [0.3, 0.4) is 0 Å². The summed E-state index contributed by atoms with van der Waals surface area (Å²) < 4.78 is 23.8. The minimum Gasteiger partial charge on any atom is -0.379 e. The van der Waals surface area contributed by atoms with Gasteiger partial charge in [-0.1, -0.05) is 78.4 Å². The normalized spacial score (nSPS) is 13.0. The van der Waals surface area contributed by atoms with E-state index >= 15 is 0 Å². The van der Waals surface area contributed by atoms with Crippen LogP contribution >= 0.6 is 0 Å². The van der Waals surface area contributed by atoms with E-state index in [-0.39, 0.29) is 5.78 Å². The maximum absolute atomic E-state index is 13.0. The van der Waals surface area contributed by atoms with E-state index in [0.717, 1.165) is 16.7 Å². The number of benzene rings is 3. The number of carbonyl (C=O) groups excluding carboxylic acids is 1. The van der Waals surface area contributed by atoms with E-state index in [9.17, 15) is 9.00 Å². The van der Waals surface area contributed by atoms with Crippen molar-refractivity contribution in [3.8, 4) is 5.75 Å². The van der Waals surface area contributed by atoms with Crippen molar-refractivity contribution in [3.63, 3.8) is 0 Å². The highest BCUT2D eigenvalue weighted by Gasteiger charge is 2.27. The Morgan fingerprint density at radius 2 is 1.39 bits per heavy atom. The van der Waals surface area contributed by atoms with Gasteiger partial charge in [-0.25, -0.2) is 4.18 Å². The summed E-state index contributed by atoms with van der Waals surface area (Å²) in [6.45, 7) is 5.76. The number of hydrogen-bond donors (Lipinski definition) is 0. The fourth-order valence-corrected chi connectivity index (χ4v) is 3.89. The summed E-state index contributed by atoms with van der Waals surface area (Å²) in [6.07, 6.45) is -1.03. The quantitative estimate of drug-likeness (QED) is 0.516. The first-order chi connectivity index (χ1) is 13.5. The Kier molecular flexibility index (Phi) is 6.39. The highest BCUT2D eigenvalue weighted by molar-refractivity contribution is 7.75. The fraction of sp³-hybridized carbons (Fsp3) is 0.174. The third-order valence-electron chi connectivity index (χ3n) is 4.33. The number of carbonyl (C=O) groups is 1. The molecule has 28 heavy (non-hydrogen) atoms. The molecule has 144 valence electrons. The van der Waals surface area contributed by atoms with Gasteiger partial charge in [0.05, 0.1) is 0 Å². The maximum Gasteiger partial charge on any atom is 0.361 e. The van der Waals surface area contributed by atoms with Crippen LogP contribution in [-0.2, 0) is 15.5 Å². The molecule has 0 fully saturated rings. The molecule has 3 aromatic carbocycles. The summed E-state index contributed by atoms with van der Waals surface area (Å²) in [7, 11) is 0. The van der Waals surface area contributed by atoms with Crippen molar-refractivity contribution in [3.05, 3.63) is 101 Å². The van der Waals surface area contributed by atoms with Crippen LogP contribution in [0.1, 0.15) is 38.7 Å². The van der Waals surface area contributed by atoms with Gasteiger partial charge in [-0.05, 0) is 37.5 Å². The zero-order valence-corrected chi connectivity index (χ0v) is 16.9. The first-order valence-electron chi connectivity index (χ1n) is 8.95. The molecule has 2 unspecified atom stereocenters. The number of Topliss-reactive ketones (excluding diaryl/α,β-unsaturated/α-hetero) is 1. The molecule has 0 bridgehead atoms. The standard InChI is InChI=1S/C23H22O4S/c1-16-14-17(2)22(18(3)15-16)26-28(25)27-23(20-12-8-5-9-13-20)21(24)19-10-6-4-7-11-19/h4-15,23H,1-3H3. The Balaban J connectivity index is 1.86. The molecule has 4 nitrogen and oxygen atoms in total. The van der Waals surface area contributed by atoms with Crippen LogP contribution in [0.5, 0.6) is 5.75 Å². The van der Waals surface area contributed by atoms with Crippen LogP contribution in [0, 0.1) is 20.8 Å². The van der Waals surface area contributed by atoms with Crippen molar-refractivity contribution in [2.45, 2.75) is 26.9 Å². The molecule has 2 atom stereocenters. The SMILES string of the molecule is Cc1cc(C)c(OS(=O)OC(C(=O)c2ccccc2)c2ccccc2)c(C)c1. The lowest BCUT2D eigenvalue weighted by molar-refractivity contribution is 0.0800. The minimum atomic E-state index is -2.14. The van der Waals surface area contributed by atoms with E-state index < -0.39 is 17.5 Å². The zero-order valence-electron chi connectivity index (χ0n) is 16.0. The van der Waals surface area contributed by atoms with Gasteiger partial charge < -0.3 is 4.18 Å². The molecule has 0 aromatic heterocycles. The number of hydrogen-bond acceptors (Lipinski definition) is 4. The largest absolute Gasteiger partial charge is 0.379 e. The Labute approximate surface area is 168 Å². The van der Waals surface area contributed by atoms with Crippen LogP contribution in [0.4, 0.5) is 0 Å². The van der Waals surface area contributed by atoms with Crippen molar-refractivity contribution < 1.29 is 17.4 Å². The van der Waals surface area contributed by atoms with E-state index in [1.165, 1.54) is 0 Å². The smallest absolute Gasteiger partial charge is 0.361 e. The molecule has 0 saturated carbocycles. The second-order valence-electron chi connectivity index (χ2n) is 6.63. The third-order valence-corrected chi connectivity index (χ3v) is 4.98. The summed E-state index contributed by atoms with van der Waals surface area (Å²) in [5.74, 6) is 0.226. The monoisotopic (exact) mass is 394 g/mol. The summed E-state index contributed by atoms with van der Waals surface area (Å²) in [5.41, 5.74) is 3.91. The maximum atomic E-state index is 13.0. The van der Waals surface area contributed by atoms with Gasteiger partial charge in [0.1, 0.15) is 5.75 Å². The van der Waals surface area contributed by atoms with Gasteiger partial charge in [-0.3, -0.25) is 4.79 Å². The van der Waals surface area contributed by atoms with E-state index in [4.69, 9.17) is 8.37 Å². The third kappa shape index (κ3) is 4.74. The molecule has 0 aliphatic heterocycles. The molecular formula is C23H22O4S. The van der Waals surface area contributed by atoms with Crippen molar-refractivity contribution in [1.29, 1.82) is 0 Å². The van der Waals surface area contributed by atoms with Gasteiger partial charge in [0.2, 0.25) is 0 Å². The Bertz CT molecular complexity index is 961. The lowest BCUT2D eigenvalue weighted by Crippen LogP contribution is -2.20. The van der Waals surface area contributed by atoms with Crippen LogP contribution in [0.2, 0.25) is 0 Å². The lowest BCUT2D eigenvalue weighted by Gasteiger charge is -2.17. The molecule has 0 N–H and O–H groups in total. The van der Waals surface area contributed by atoms with Gasteiger partial charge in [-0.15, -0.1) is 0 Å². The second kappa shape index (κ2) is 8.95. The average molecular weight is 394 g/mol. The molecule has 0 saturated heterocycles. The molecule has 3 aromatic rings. The Morgan fingerprint density at radius 1 is 0.857 bits per heavy atom. The summed E-state index contributed by atoms with van der Waals surface area (Å²) in [4.78, 5) is 13.0. The number of aryl methyl sites for hydroxylation is 3. The van der Waals surface area contributed by atoms with Crippen LogP contribution in [0.15, 0.2) is 72.8 Å². The molecule has 0 aliphatic carbocycles. The first kappa shape index (κ1) is 20.0. The molecule has 0 spiro atoms. The van der Waals surface area contributed by atoms with E-state index in [2.05, 4.69) is 0 Å². The zero-order chi connectivity index (χ0) is 20.1. The summed E-state index contributed by atoms with van der Waals surface area (Å²) >= 11 is -2.14. The van der Waals surface area contributed by atoms with Crippen molar-refractivity contribution in [1.82, 2.24) is 0 Å². The minimum absolute atomic E-state index is 0.277. The topological polar surface area (TPSA) is 52.6 Å². The Morgan fingerprint density at radius 3 is 1.96 bits per heavy atom. The molecule has 0 aliphatic rings. The van der Waals surface area contributed by atoms with Gasteiger partial charge in [-0.2, -0.15) is 4.21 Å². The number of ketones is 1. The van der Waals surface area contributed by atoms with Crippen LogP contribution < -0.4 is 4.18 Å². The van der Waals surface area contributed by atoms with Crippen LogP contribution in [0.25, 0.3) is 0 Å². The van der Waals surface area contributed by atoms with Crippen molar-refractivity contribution in [2.24, 2.45) is 0 Å². The van der Waals surface area contributed by atoms with Gasteiger partial charge in [0.15, 0.2) is 11.9 Å². The van der Waals surface area contributed by atoms with E-state index in [1.807, 2.05) is 57.2 Å². The summed E-state index contributed by atoms with van der Waals surface area (Å²) in [6, 6.07) is 21.7. The molecular weight excluding hydrogens is 372 g/mol. The average Bonchev–Trinajstić information content (AvgIpc) is 2.69. The molecule has 5 heteroatoms. The van der Waals surface area contributed by atoms with Crippen molar-refractivity contribution in [2.75, 3.05) is 0 Å². The molecule has 0 heterocycles.